The van der Waals surface area contributed by atoms with Gasteiger partial charge in [0.25, 0.3) is 5.56 Å². The topological polar surface area (TPSA) is 98.1 Å². The maximum absolute atomic E-state index is 13.3. The van der Waals surface area contributed by atoms with Gasteiger partial charge in [-0.25, -0.2) is 22.5 Å². The van der Waals surface area contributed by atoms with Gasteiger partial charge in [-0.05, 0) is 36.2 Å². The quantitative estimate of drug-likeness (QED) is 0.382. The summed E-state index contributed by atoms with van der Waals surface area (Å²) in [7, 11) is -3.26. The molecule has 0 fully saturated rings. The van der Waals surface area contributed by atoms with Crippen LogP contribution in [0.5, 0.6) is 0 Å². The van der Waals surface area contributed by atoms with Crippen molar-refractivity contribution in [3.05, 3.63) is 74.0 Å². The molecule has 0 aliphatic carbocycles. The summed E-state index contributed by atoms with van der Waals surface area (Å²) in [6.45, 7) is 0.0827. The predicted octanol–water partition coefficient (Wildman–Crippen LogP) is 3.30. The number of benzene rings is 1. The number of hydrogen-bond acceptors (Lipinski definition) is 7. The lowest BCUT2D eigenvalue weighted by molar-refractivity contribution is 0.0974. The van der Waals surface area contributed by atoms with Gasteiger partial charge in [0.2, 0.25) is 10.0 Å². The SMILES string of the molecule is CS(=O)(=O)NCCc1ccc(C(=O)Cn2cnc3scc(-c4ccc(F)cc4)c3c2=O)s1. The van der Waals surface area contributed by atoms with Gasteiger partial charge in [-0.15, -0.1) is 22.7 Å². The van der Waals surface area contributed by atoms with E-state index >= 15 is 0 Å². The molecule has 0 radical (unpaired) electrons. The van der Waals surface area contributed by atoms with Crippen LogP contribution in [0.3, 0.4) is 0 Å². The van der Waals surface area contributed by atoms with Gasteiger partial charge in [0.1, 0.15) is 10.6 Å². The first-order chi connectivity index (χ1) is 15.2. The van der Waals surface area contributed by atoms with E-state index in [4.69, 9.17) is 0 Å². The second kappa shape index (κ2) is 9.02. The average molecular weight is 492 g/mol. The van der Waals surface area contributed by atoms with Crippen molar-refractivity contribution in [2.45, 2.75) is 13.0 Å². The van der Waals surface area contributed by atoms with Crippen LogP contribution in [-0.4, -0.2) is 36.6 Å². The van der Waals surface area contributed by atoms with Crippen molar-refractivity contribution in [1.29, 1.82) is 0 Å². The number of Topliss-reactive ketones (excluding diaryl/α,β-unsaturated/α-hetero) is 1. The summed E-state index contributed by atoms with van der Waals surface area (Å²) >= 11 is 2.58. The molecule has 32 heavy (non-hydrogen) atoms. The van der Waals surface area contributed by atoms with Crippen molar-refractivity contribution < 1.29 is 17.6 Å². The van der Waals surface area contributed by atoms with E-state index in [0.29, 0.717) is 32.6 Å². The standard InChI is InChI=1S/C21H18FN3O4S3/c1-32(28,29)24-9-8-15-6-7-18(31-15)17(26)10-25-12-23-20-19(21(25)27)16(11-30-20)13-2-4-14(22)5-3-13/h2-7,11-12,24H,8-10H2,1H3. The van der Waals surface area contributed by atoms with E-state index in [-0.39, 0.29) is 30.2 Å². The molecule has 0 saturated heterocycles. The number of carbonyl (C=O) groups excluding carboxylic acids is 1. The lowest BCUT2D eigenvalue weighted by atomic mass is 10.1. The van der Waals surface area contributed by atoms with Gasteiger partial charge in [0, 0.05) is 22.4 Å². The number of rotatable bonds is 8. The smallest absolute Gasteiger partial charge is 0.263 e. The third-order valence-corrected chi connectivity index (χ3v) is 7.50. The first-order valence-corrected chi connectivity index (χ1v) is 13.1. The van der Waals surface area contributed by atoms with Crippen LogP contribution in [0.15, 0.2) is 52.9 Å². The molecule has 0 aliphatic rings. The van der Waals surface area contributed by atoms with E-state index in [1.54, 1.807) is 29.6 Å². The Bertz CT molecular complexity index is 1450. The largest absolute Gasteiger partial charge is 0.291 e. The molecule has 0 unspecified atom stereocenters. The van der Waals surface area contributed by atoms with Crippen LogP contribution < -0.4 is 10.3 Å². The summed E-state index contributed by atoms with van der Waals surface area (Å²) in [5, 5.41) is 2.20. The van der Waals surface area contributed by atoms with Crippen molar-refractivity contribution in [1.82, 2.24) is 14.3 Å². The lowest BCUT2D eigenvalue weighted by Crippen LogP contribution is -2.24. The molecule has 11 heteroatoms. The number of nitrogens with zero attached hydrogens (tertiary/aromatic N) is 2. The van der Waals surface area contributed by atoms with Gasteiger partial charge in [-0.2, -0.15) is 0 Å². The summed E-state index contributed by atoms with van der Waals surface area (Å²) in [5.74, 6) is -0.601. The third kappa shape index (κ3) is 5.01. The lowest BCUT2D eigenvalue weighted by Gasteiger charge is -2.05. The number of carbonyl (C=O) groups is 1. The maximum atomic E-state index is 13.3. The third-order valence-electron chi connectivity index (χ3n) is 4.70. The highest BCUT2D eigenvalue weighted by molar-refractivity contribution is 7.88. The molecule has 166 valence electrons. The summed E-state index contributed by atoms with van der Waals surface area (Å²) in [5.41, 5.74) is 1.02. The number of aromatic nitrogens is 2. The van der Waals surface area contributed by atoms with Gasteiger partial charge in [-0.1, -0.05) is 12.1 Å². The molecule has 1 aromatic carbocycles. The van der Waals surface area contributed by atoms with E-state index in [1.807, 2.05) is 0 Å². The molecule has 0 saturated carbocycles. The number of sulfonamides is 1. The van der Waals surface area contributed by atoms with Gasteiger partial charge in [0.15, 0.2) is 5.78 Å². The van der Waals surface area contributed by atoms with Crippen molar-refractivity contribution in [3.8, 4) is 11.1 Å². The van der Waals surface area contributed by atoms with Crippen molar-refractivity contribution in [2.75, 3.05) is 12.8 Å². The van der Waals surface area contributed by atoms with Gasteiger partial charge in [-0.3, -0.25) is 14.2 Å². The molecule has 7 nitrogen and oxygen atoms in total. The Kier molecular flexibility index (Phi) is 6.33. The normalized spacial score (nSPS) is 11.8. The fourth-order valence-electron chi connectivity index (χ4n) is 3.18. The summed E-state index contributed by atoms with van der Waals surface area (Å²) < 4.78 is 39.3. The van der Waals surface area contributed by atoms with Crippen molar-refractivity contribution in [2.24, 2.45) is 0 Å². The minimum atomic E-state index is -3.26. The van der Waals surface area contributed by atoms with Crippen molar-refractivity contribution in [3.63, 3.8) is 0 Å². The fourth-order valence-corrected chi connectivity index (χ4v) is 5.49. The monoisotopic (exact) mass is 491 g/mol. The fraction of sp³-hybridized carbons (Fsp3) is 0.190. The molecular weight excluding hydrogens is 473 g/mol. The number of thiophene rings is 2. The Balaban J connectivity index is 1.55. The Morgan fingerprint density at radius 2 is 1.94 bits per heavy atom. The highest BCUT2D eigenvalue weighted by atomic mass is 32.2. The molecular formula is C21H18FN3O4S3. The number of hydrogen-bond donors (Lipinski definition) is 1. The Morgan fingerprint density at radius 1 is 1.19 bits per heavy atom. The number of fused-ring (bicyclic) bond motifs is 1. The van der Waals surface area contributed by atoms with E-state index in [0.717, 1.165) is 11.1 Å². The minimum Gasteiger partial charge on any atom is -0.291 e. The molecule has 0 atom stereocenters. The van der Waals surface area contributed by atoms with Crippen LogP contribution in [0.25, 0.3) is 21.3 Å². The Morgan fingerprint density at radius 3 is 2.66 bits per heavy atom. The summed E-state index contributed by atoms with van der Waals surface area (Å²) in [6.07, 6.45) is 2.92. The van der Waals surface area contributed by atoms with Crippen LogP contribution in [0.1, 0.15) is 14.5 Å². The summed E-state index contributed by atoms with van der Waals surface area (Å²) in [4.78, 5) is 32.1. The van der Waals surface area contributed by atoms with Crippen molar-refractivity contribution >= 4 is 48.7 Å². The highest BCUT2D eigenvalue weighted by Crippen LogP contribution is 2.30. The van der Waals surface area contributed by atoms with Crippen LogP contribution >= 0.6 is 22.7 Å². The predicted molar refractivity (Wildman–Crippen MR) is 124 cm³/mol. The first kappa shape index (κ1) is 22.5. The first-order valence-electron chi connectivity index (χ1n) is 9.50. The Labute approximate surface area is 191 Å². The zero-order chi connectivity index (χ0) is 22.9. The molecule has 4 rings (SSSR count). The van der Waals surface area contributed by atoms with Crippen LogP contribution in [0.2, 0.25) is 0 Å². The number of ketones is 1. The van der Waals surface area contributed by atoms with Gasteiger partial charge in [0.05, 0.1) is 29.4 Å². The molecule has 3 aromatic heterocycles. The summed E-state index contributed by atoms with van der Waals surface area (Å²) in [6, 6.07) is 9.31. The molecule has 0 bridgehead atoms. The molecule has 0 spiro atoms. The van der Waals surface area contributed by atoms with E-state index in [9.17, 15) is 22.4 Å². The molecule has 0 amide bonds. The minimum absolute atomic E-state index is 0.165. The zero-order valence-electron chi connectivity index (χ0n) is 16.9. The van der Waals surface area contributed by atoms with Crippen LogP contribution in [0, 0.1) is 5.82 Å². The van der Waals surface area contributed by atoms with Crippen LogP contribution in [0.4, 0.5) is 4.39 Å². The zero-order valence-corrected chi connectivity index (χ0v) is 19.3. The van der Waals surface area contributed by atoms with E-state index in [2.05, 4.69) is 9.71 Å². The average Bonchev–Trinajstić information content (AvgIpc) is 3.37. The highest BCUT2D eigenvalue weighted by Gasteiger charge is 2.16. The molecule has 1 N–H and O–H groups in total. The number of nitrogens with one attached hydrogen (secondary N) is 1. The maximum Gasteiger partial charge on any atom is 0.263 e. The van der Waals surface area contributed by atoms with Gasteiger partial charge < -0.3 is 0 Å². The molecule has 3 heterocycles. The van der Waals surface area contributed by atoms with E-state index < -0.39 is 10.0 Å². The molecule has 4 aromatic rings. The second-order valence-corrected chi connectivity index (χ2v) is 11.0. The number of halogens is 1. The van der Waals surface area contributed by atoms with E-state index in [1.165, 1.54) is 45.7 Å². The Hall–Kier alpha value is -2.73. The van der Waals surface area contributed by atoms with Gasteiger partial charge >= 0.3 is 0 Å². The molecule has 0 aliphatic heterocycles. The second-order valence-electron chi connectivity index (χ2n) is 7.12. The van der Waals surface area contributed by atoms with Crippen LogP contribution in [-0.2, 0) is 23.0 Å².